The fourth-order valence-corrected chi connectivity index (χ4v) is 3.52. The number of aryl methyl sites for hydroxylation is 1. The van der Waals surface area contributed by atoms with Gasteiger partial charge in [0.25, 0.3) is 0 Å². The van der Waals surface area contributed by atoms with Crippen molar-refractivity contribution in [2.24, 2.45) is 7.05 Å². The Hall–Kier alpha value is -1.39. The predicted molar refractivity (Wildman–Crippen MR) is 78.6 cm³/mol. The number of rotatable bonds is 2. The molecule has 4 nitrogen and oxygen atoms in total. The summed E-state index contributed by atoms with van der Waals surface area (Å²) in [6, 6.07) is 8.17. The molecule has 20 heavy (non-hydrogen) atoms. The van der Waals surface area contributed by atoms with Gasteiger partial charge in [0, 0.05) is 31.7 Å². The lowest BCUT2D eigenvalue weighted by molar-refractivity contribution is -0.131. The van der Waals surface area contributed by atoms with E-state index < -0.39 is 5.60 Å². The Morgan fingerprint density at radius 2 is 1.95 bits per heavy atom. The molecule has 0 aliphatic carbocycles. The average molecular weight is 274 g/mol. The maximum atomic E-state index is 10.9. The second kappa shape index (κ2) is 4.86. The third kappa shape index (κ3) is 2.45. The number of benzene rings is 1. The van der Waals surface area contributed by atoms with E-state index in [1.54, 1.807) is 0 Å². The Morgan fingerprint density at radius 3 is 2.65 bits per heavy atom. The number of ether oxygens (including phenoxy) is 1. The number of fused-ring (bicyclic) bond motifs is 1. The Balaban J connectivity index is 1.92. The van der Waals surface area contributed by atoms with Crippen molar-refractivity contribution < 1.29 is 9.84 Å². The molecule has 1 aliphatic rings. The molecule has 2 heterocycles. The number of hydrogen-bond donors (Lipinski definition) is 1. The molecule has 2 atom stereocenters. The highest BCUT2D eigenvalue weighted by atomic mass is 16.5. The molecular formula is C16H22N2O2. The highest BCUT2D eigenvalue weighted by Gasteiger charge is 2.37. The monoisotopic (exact) mass is 274 g/mol. The van der Waals surface area contributed by atoms with Crippen molar-refractivity contribution in [1.82, 2.24) is 9.78 Å². The van der Waals surface area contributed by atoms with E-state index in [9.17, 15) is 5.11 Å². The maximum Gasteiger partial charge on any atom is 0.0753 e. The number of hydrogen-bond acceptors (Lipinski definition) is 3. The molecular weight excluding hydrogens is 252 g/mol. The zero-order valence-corrected chi connectivity index (χ0v) is 12.3. The van der Waals surface area contributed by atoms with Gasteiger partial charge in [-0.2, -0.15) is 5.10 Å². The standard InChI is InChI=1S/C16H22N2O2/c1-11-8-16(19,9-12(2)20-11)10-14-13-6-4-5-7-15(13)18(3)17-14/h4-7,11-12,19H,8-10H2,1-3H3. The minimum absolute atomic E-state index is 0.0960. The zero-order valence-electron chi connectivity index (χ0n) is 12.3. The summed E-state index contributed by atoms with van der Waals surface area (Å²) < 4.78 is 7.62. The van der Waals surface area contributed by atoms with Crippen LogP contribution in [0.4, 0.5) is 0 Å². The van der Waals surface area contributed by atoms with E-state index in [4.69, 9.17) is 4.74 Å². The van der Waals surface area contributed by atoms with Crippen LogP contribution in [0.3, 0.4) is 0 Å². The van der Waals surface area contributed by atoms with Crippen molar-refractivity contribution in [1.29, 1.82) is 0 Å². The summed E-state index contributed by atoms with van der Waals surface area (Å²) in [7, 11) is 1.95. The molecule has 1 aromatic heterocycles. The topological polar surface area (TPSA) is 47.3 Å². The van der Waals surface area contributed by atoms with Crippen molar-refractivity contribution >= 4 is 10.9 Å². The first kappa shape index (κ1) is 13.6. The molecule has 1 fully saturated rings. The van der Waals surface area contributed by atoms with E-state index in [0.29, 0.717) is 19.3 Å². The zero-order chi connectivity index (χ0) is 14.3. The minimum Gasteiger partial charge on any atom is -0.389 e. The van der Waals surface area contributed by atoms with Crippen LogP contribution in [0.5, 0.6) is 0 Å². The van der Waals surface area contributed by atoms with Crippen LogP contribution in [-0.2, 0) is 18.2 Å². The van der Waals surface area contributed by atoms with Gasteiger partial charge in [-0.1, -0.05) is 18.2 Å². The van der Waals surface area contributed by atoms with Crippen LogP contribution in [0.15, 0.2) is 24.3 Å². The van der Waals surface area contributed by atoms with Crippen LogP contribution < -0.4 is 0 Å². The molecule has 0 saturated carbocycles. The second-order valence-corrected chi connectivity index (χ2v) is 6.15. The van der Waals surface area contributed by atoms with Gasteiger partial charge in [0.1, 0.15) is 0 Å². The van der Waals surface area contributed by atoms with Gasteiger partial charge in [0.15, 0.2) is 0 Å². The highest BCUT2D eigenvalue weighted by Crippen LogP contribution is 2.33. The summed E-state index contributed by atoms with van der Waals surface area (Å²) in [4.78, 5) is 0. The summed E-state index contributed by atoms with van der Waals surface area (Å²) in [5, 5.41) is 16.6. The molecule has 3 rings (SSSR count). The van der Waals surface area contributed by atoms with E-state index in [2.05, 4.69) is 17.2 Å². The van der Waals surface area contributed by atoms with Crippen LogP contribution >= 0.6 is 0 Å². The van der Waals surface area contributed by atoms with Gasteiger partial charge in [-0.05, 0) is 19.9 Å². The number of para-hydroxylation sites is 1. The lowest BCUT2D eigenvalue weighted by Crippen LogP contribution is -2.45. The smallest absolute Gasteiger partial charge is 0.0753 e. The summed E-state index contributed by atoms with van der Waals surface area (Å²) >= 11 is 0. The van der Waals surface area contributed by atoms with Crippen LogP contribution in [-0.4, -0.2) is 32.7 Å². The minimum atomic E-state index is -0.714. The third-order valence-electron chi connectivity index (χ3n) is 4.13. The molecule has 1 saturated heterocycles. The number of aromatic nitrogens is 2. The molecule has 1 N–H and O–H groups in total. The van der Waals surface area contributed by atoms with Crippen LogP contribution in [0, 0.1) is 0 Å². The first-order valence-electron chi connectivity index (χ1n) is 7.25. The molecule has 0 amide bonds. The Kier molecular flexibility index (Phi) is 3.30. The molecule has 0 radical (unpaired) electrons. The fraction of sp³-hybridized carbons (Fsp3) is 0.562. The summed E-state index contributed by atoms with van der Waals surface area (Å²) in [6.07, 6.45) is 2.12. The molecule has 4 heteroatoms. The molecule has 1 aliphatic heterocycles. The number of aliphatic hydroxyl groups is 1. The van der Waals surface area contributed by atoms with Gasteiger partial charge < -0.3 is 9.84 Å². The highest BCUT2D eigenvalue weighted by molar-refractivity contribution is 5.81. The van der Waals surface area contributed by atoms with E-state index in [0.717, 1.165) is 16.6 Å². The third-order valence-corrected chi connectivity index (χ3v) is 4.13. The van der Waals surface area contributed by atoms with E-state index in [-0.39, 0.29) is 12.2 Å². The van der Waals surface area contributed by atoms with Gasteiger partial charge >= 0.3 is 0 Å². The summed E-state index contributed by atoms with van der Waals surface area (Å²) in [5.41, 5.74) is 1.37. The normalized spacial score (nSPS) is 30.8. The molecule has 2 unspecified atom stereocenters. The van der Waals surface area contributed by atoms with E-state index >= 15 is 0 Å². The second-order valence-electron chi connectivity index (χ2n) is 6.15. The van der Waals surface area contributed by atoms with Gasteiger partial charge in [-0.3, -0.25) is 4.68 Å². The molecule has 2 aromatic rings. The van der Waals surface area contributed by atoms with Gasteiger partial charge in [0.05, 0.1) is 29.0 Å². The maximum absolute atomic E-state index is 10.9. The van der Waals surface area contributed by atoms with Crippen molar-refractivity contribution in [2.45, 2.75) is 50.9 Å². The Bertz CT molecular complexity index is 610. The quantitative estimate of drug-likeness (QED) is 0.915. The molecule has 0 bridgehead atoms. The van der Waals surface area contributed by atoms with Crippen molar-refractivity contribution in [2.75, 3.05) is 0 Å². The summed E-state index contributed by atoms with van der Waals surface area (Å²) in [5.74, 6) is 0. The molecule has 0 spiro atoms. The molecule has 1 aromatic carbocycles. The Morgan fingerprint density at radius 1 is 1.30 bits per heavy atom. The van der Waals surface area contributed by atoms with Crippen LogP contribution in [0.2, 0.25) is 0 Å². The first-order chi connectivity index (χ1) is 9.47. The van der Waals surface area contributed by atoms with Crippen LogP contribution in [0.25, 0.3) is 10.9 Å². The van der Waals surface area contributed by atoms with Gasteiger partial charge in [0.2, 0.25) is 0 Å². The van der Waals surface area contributed by atoms with E-state index in [1.807, 2.05) is 37.7 Å². The van der Waals surface area contributed by atoms with Crippen molar-refractivity contribution in [3.05, 3.63) is 30.0 Å². The summed E-state index contributed by atoms with van der Waals surface area (Å²) in [6.45, 7) is 4.05. The lowest BCUT2D eigenvalue weighted by atomic mass is 9.83. The average Bonchev–Trinajstić information content (AvgIpc) is 2.64. The SMILES string of the molecule is CC1CC(O)(Cc2nn(C)c3ccccc23)CC(C)O1. The first-order valence-corrected chi connectivity index (χ1v) is 7.25. The number of nitrogens with zero attached hydrogens (tertiary/aromatic N) is 2. The predicted octanol–water partition coefficient (Wildman–Crippen LogP) is 2.43. The molecule has 108 valence electrons. The van der Waals surface area contributed by atoms with Crippen LogP contribution in [0.1, 0.15) is 32.4 Å². The van der Waals surface area contributed by atoms with E-state index in [1.165, 1.54) is 0 Å². The lowest BCUT2D eigenvalue weighted by Gasteiger charge is -2.38. The fourth-order valence-electron chi connectivity index (χ4n) is 3.52. The largest absolute Gasteiger partial charge is 0.389 e. The van der Waals surface area contributed by atoms with Gasteiger partial charge in [-0.25, -0.2) is 0 Å². The van der Waals surface area contributed by atoms with Crippen molar-refractivity contribution in [3.63, 3.8) is 0 Å². The van der Waals surface area contributed by atoms with Crippen molar-refractivity contribution in [3.8, 4) is 0 Å². The van der Waals surface area contributed by atoms with Gasteiger partial charge in [-0.15, -0.1) is 0 Å². The Labute approximate surface area is 119 Å².